The number of rotatable bonds is 6. The largest absolute Gasteiger partial charge is 0.481 e. The molecule has 0 aromatic carbocycles. The minimum atomic E-state index is -0.769. The van der Waals surface area contributed by atoms with Crippen LogP contribution in [0, 0.1) is 5.92 Å². The smallest absolute Gasteiger partial charge is 0.320 e. The third-order valence-corrected chi connectivity index (χ3v) is 4.36. The van der Waals surface area contributed by atoms with Crippen LogP contribution < -0.4 is 0 Å². The molecule has 5 heteroatoms. The number of carboxylic acid groups (broad SMARTS) is 1. The van der Waals surface area contributed by atoms with Crippen molar-refractivity contribution in [3.8, 4) is 0 Å². The van der Waals surface area contributed by atoms with Crippen LogP contribution in [0.15, 0.2) is 0 Å². The van der Waals surface area contributed by atoms with E-state index in [4.69, 9.17) is 5.11 Å². The number of hydrogen-bond donors (Lipinski definition) is 1. The predicted octanol–water partition coefficient (Wildman–Crippen LogP) is 2.95. The predicted molar refractivity (Wildman–Crippen MR) is 81.2 cm³/mol. The van der Waals surface area contributed by atoms with E-state index in [0.29, 0.717) is 18.4 Å². The Morgan fingerprint density at radius 1 is 1.24 bits per heavy atom. The number of nitrogens with zero attached hydrogens (tertiary/aromatic N) is 2. The van der Waals surface area contributed by atoms with Crippen LogP contribution in [0.2, 0.25) is 0 Å². The summed E-state index contributed by atoms with van der Waals surface area (Å²) in [4.78, 5) is 27.7. The van der Waals surface area contributed by atoms with Crippen molar-refractivity contribution in [3.05, 3.63) is 0 Å². The fourth-order valence-electron chi connectivity index (χ4n) is 3.17. The maximum atomic E-state index is 12.9. The van der Waals surface area contributed by atoms with E-state index in [1.165, 1.54) is 0 Å². The molecule has 2 fully saturated rings. The van der Waals surface area contributed by atoms with Gasteiger partial charge in [0.05, 0.1) is 0 Å². The van der Waals surface area contributed by atoms with Crippen LogP contribution in [0.5, 0.6) is 0 Å². The number of amides is 2. The summed E-state index contributed by atoms with van der Waals surface area (Å²) in [6.07, 6.45) is 6.05. The highest BCUT2D eigenvalue weighted by atomic mass is 16.4. The zero-order valence-electron chi connectivity index (χ0n) is 13.3. The van der Waals surface area contributed by atoms with Gasteiger partial charge in [-0.3, -0.25) is 4.79 Å². The van der Waals surface area contributed by atoms with Gasteiger partial charge in [-0.25, -0.2) is 4.79 Å². The van der Waals surface area contributed by atoms with E-state index in [2.05, 4.69) is 13.8 Å². The molecular formula is C16H28N2O3. The third kappa shape index (κ3) is 4.61. The molecule has 1 N–H and O–H groups in total. The molecule has 0 spiro atoms. The van der Waals surface area contributed by atoms with Gasteiger partial charge in [0.1, 0.15) is 0 Å². The van der Waals surface area contributed by atoms with Crippen LogP contribution in [-0.2, 0) is 4.79 Å². The Hall–Kier alpha value is -1.26. The molecule has 1 heterocycles. The van der Waals surface area contributed by atoms with Crippen LogP contribution in [0.3, 0.4) is 0 Å². The standard InChI is InChI=1S/C16H28N2O3/c1-12(2)11-18(14-6-7-14)16(21)17-10-4-3-5-13(17)8-9-15(19)20/h12-14H,3-11H2,1-2H3,(H,19,20). The van der Waals surface area contributed by atoms with Crippen molar-refractivity contribution in [1.82, 2.24) is 9.80 Å². The fraction of sp³-hybridized carbons (Fsp3) is 0.875. The molecule has 2 amide bonds. The number of carbonyl (C=O) groups is 2. The molecular weight excluding hydrogens is 268 g/mol. The lowest BCUT2D eigenvalue weighted by atomic mass is 9.98. The number of carbonyl (C=O) groups excluding carboxylic acids is 1. The van der Waals surface area contributed by atoms with Gasteiger partial charge in [-0.15, -0.1) is 0 Å². The first kappa shape index (κ1) is 16.1. The molecule has 0 aromatic heterocycles. The number of likely N-dealkylation sites (tertiary alicyclic amines) is 1. The summed E-state index contributed by atoms with van der Waals surface area (Å²) in [7, 11) is 0. The molecule has 1 aliphatic carbocycles. The fourth-order valence-corrected chi connectivity index (χ4v) is 3.17. The van der Waals surface area contributed by atoms with Crippen LogP contribution in [-0.4, -0.2) is 52.1 Å². The zero-order chi connectivity index (χ0) is 15.4. The summed E-state index contributed by atoms with van der Waals surface area (Å²) in [6.45, 7) is 5.87. The average molecular weight is 296 g/mol. The summed E-state index contributed by atoms with van der Waals surface area (Å²) >= 11 is 0. The highest BCUT2D eigenvalue weighted by molar-refractivity contribution is 5.76. The van der Waals surface area contributed by atoms with Crippen molar-refractivity contribution < 1.29 is 14.7 Å². The van der Waals surface area contributed by atoms with E-state index in [1.54, 1.807) is 0 Å². The van der Waals surface area contributed by atoms with Gasteiger partial charge in [0.2, 0.25) is 0 Å². The maximum Gasteiger partial charge on any atom is 0.320 e. The lowest BCUT2D eigenvalue weighted by Crippen LogP contribution is -2.52. The Morgan fingerprint density at radius 3 is 2.52 bits per heavy atom. The lowest BCUT2D eigenvalue weighted by molar-refractivity contribution is -0.137. The number of hydrogen-bond acceptors (Lipinski definition) is 2. The highest BCUT2D eigenvalue weighted by Crippen LogP contribution is 2.31. The summed E-state index contributed by atoms with van der Waals surface area (Å²) in [6, 6.07) is 0.666. The minimum Gasteiger partial charge on any atom is -0.481 e. The molecule has 120 valence electrons. The Labute approximate surface area is 127 Å². The van der Waals surface area contributed by atoms with Crippen molar-refractivity contribution in [3.63, 3.8) is 0 Å². The summed E-state index contributed by atoms with van der Waals surface area (Å²) < 4.78 is 0. The van der Waals surface area contributed by atoms with E-state index < -0.39 is 5.97 Å². The lowest BCUT2D eigenvalue weighted by Gasteiger charge is -2.39. The normalized spacial score (nSPS) is 22.4. The molecule has 1 unspecified atom stereocenters. The Balaban J connectivity index is 2.00. The number of urea groups is 1. The molecule has 1 aliphatic heterocycles. The quantitative estimate of drug-likeness (QED) is 0.819. The van der Waals surface area contributed by atoms with E-state index >= 15 is 0 Å². The van der Waals surface area contributed by atoms with Crippen LogP contribution in [0.4, 0.5) is 4.79 Å². The van der Waals surface area contributed by atoms with E-state index in [1.807, 2.05) is 9.80 Å². The summed E-state index contributed by atoms with van der Waals surface area (Å²) in [5.41, 5.74) is 0. The van der Waals surface area contributed by atoms with Gasteiger partial charge in [-0.2, -0.15) is 0 Å². The molecule has 2 rings (SSSR count). The maximum absolute atomic E-state index is 12.9. The van der Waals surface area contributed by atoms with Crippen molar-refractivity contribution in [2.75, 3.05) is 13.1 Å². The average Bonchev–Trinajstić information content (AvgIpc) is 3.26. The number of aliphatic carboxylic acids is 1. The Kier molecular flexibility index (Phi) is 5.48. The van der Waals surface area contributed by atoms with Gasteiger partial charge in [0.25, 0.3) is 0 Å². The zero-order valence-corrected chi connectivity index (χ0v) is 13.3. The molecule has 0 aromatic rings. The molecule has 1 saturated heterocycles. The van der Waals surface area contributed by atoms with Crippen molar-refractivity contribution in [2.45, 2.75) is 70.9 Å². The topological polar surface area (TPSA) is 60.9 Å². The number of piperidine rings is 1. The van der Waals surface area contributed by atoms with Crippen LogP contribution >= 0.6 is 0 Å². The first-order valence-corrected chi connectivity index (χ1v) is 8.28. The van der Waals surface area contributed by atoms with E-state index in [0.717, 1.165) is 45.2 Å². The first-order valence-electron chi connectivity index (χ1n) is 8.28. The van der Waals surface area contributed by atoms with Gasteiger partial charge in [0.15, 0.2) is 0 Å². The summed E-state index contributed by atoms with van der Waals surface area (Å²) in [5.74, 6) is -0.300. The minimum absolute atomic E-state index is 0.107. The SMILES string of the molecule is CC(C)CN(C(=O)N1CCCCC1CCC(=O)O)C1CC1. The molecule has 0 radical (unpaired) electrons. The first-order chi connectivity index (χ1) is 9.99. The van der Waals surface area contributed by atoms with Gasteiger partial charge in [-0.05, 0) is 44.4 Å². The van der Waals surface area contributed by atoms with Crippen molar-refractivity contribution in [1.29, 1.82) is 0 Å². The van der Waals surface area contributed by atoms with E-state index in [-0.39, 0.29) is 18.5 Å². The molecule has 1 saturated carbocycles. The second-order valence-corrected chi connectivity index (χ2v) is 6.84. The molecule has 5 nitrogen and oxygen atoms in total. The second kappa shape index (κ2) is 7.14. The molecule has 1 atom stereocenters. The van der Waals surface area contributed by atoms with Crippen LogP contribution in [0.25, 0.3) is 0 Å². The highest BCUT2D eigenvalue weighted by Gasteiger charge is 2.37. The molecule has 0 bridgehead atoms. The van der Waals surface area contributed by atoms with Crippen molar-refractivity contribution >= 4 is 12.0 Å². The third-order valence-electron chi connectivity index (χ3n) is 4.36. The van der Waals surface area contributed by atoms with E-state index in [9.17, 15) is 9.59 Å². The van der Waals surface area contributed by atoms with Crippen LogP contribution in [0.1, 0.15) is 58.8 Å². The van der Waals surface area contributed by atoms with Crippen molar-refractivity contribution in [2.24, 2.45) is 5.92 Å². The van der Waals surface area contributed by atoms with Gasteiger partial charge < -0.3 is 14.9 Å². The van der Waals surface area contributed by atoms with Gasteiger partial charge in [-0.1, -0.05) is 13.8 Å². The summed E-state index contributed by atoms with van der Waals surface area (Å²) in [5, 5.41) is 8.88. The molecule has 2 aliphatic rings. The Bertz CT molecular complexity index is 380. The Morgan fingerprint density at radius 2 is 1.95 bits per heavy atom. The van der Waals surface area contributed by atoms with Gasteiger partial charge in [0, 0.05) is 31.6 Å². The number of carboxylic acids is 1. The van der Waals surface area contributed by atoms with Gasteiger partial charge >= 0.3 is 12.0 Å². The second-order valence-electron chi connectivity index (χ2n) is 6.84. The monoisotopic (exact) mass is 296 g/mol. The molecule has 21 heavy (non-hydrogen) atoms.